The third-order valence-corrected chi connectivity index (χ3v) is 4.47. The minimum absolute atomic E-state index is 0.114. The van der Waals surface area contributed by atoms with Gasteiger partial charge in [0.25, 0.3) is 0 Å². The Bertz CT molecular complexity index is 464. The number of hydrogen-bond donors (Lipinski definition) is 1. The van der Waals surface area contributed by atoms with Crippen LogP contribution >= 0.6 is 0 Å². The fraction of sp³-hybridized carbons (Fsp3) is 0.562. The number of fused-ring (bicyclic) bond motifs is 1. The molecule has 1 saturated heterocycles. The Morgan fingerprint density at radius 3 is 2.79 bits per heavy atom. The smallest absolute Gasteiger partial charge is 0.227 e. The number of amides is 1. The van der Waals surface area contributed by atoms with Gasteiger partial charge in [-0.1, -0.05) is 25.1 Å². The van der Waals surface area contributed by atoms with Gasteiger partial charge in [0.2, 0.25) is 5.91 Å². The molecule has 2 heterocycles. The minimum Gasteiger partial charge on any atom is -0.384 e. The van der Waals surface area contributed by atoms with Crippen molar-refractivity contribution < 1.29 is 4.79 Å². The van der Waals surface area contributed by atoms with E-state index in [-0.39, 0.29) is 5.92 Å². The maximum Gasteiger partial charge on any atom is 0.227 e. The number of nitrogens with one attached hydrogen (secondary N) is 1. The molecule has 102 valence electrons. The SMILES string of the molecule is CC1CCN(C(=O)C2CNc3ccccc3C2)CC1. The predicted molar refractivity (Wildman–Crippen MR) is 77.1 cm³/mol. The highest BCUT2D eigenvalue weighted by atomic mass is 16.2. The lowest BCUT2D eigenvalue weighted by atomic mass is 9.91. The van der Waals surface area contributed by atoms with Gasteiger partial charge in [0, 0.05) is 25.3 Å². The second-order valence-electron chi connectivity index (χ2n) is 5.95. The molecule has 3 nitrogen and oxygen atoms in total. The van der Waals surface area contributed by atoms with Crippen molar-refractivity contribution in [1.29, 1.82) is 0 Å². The number of anilines is 1. The summed E-state index contributed by atoms with van der Waals surface area (Å²) in [5, 5.41) is 3.39. The summed E-state index contributed by atoms with van der Waals surface area (Å²) in [6, 6.07) is 8.31. The molecule has 2 aliphatic rings. The summed E-state index contributed by atoms with van der Waals surface area (Å²) in [5.41, 5.74) is 2.47. The Kier molecular flexibility index (Phi) is 3.45. The molecule has 0 spiro atoms. The number of piperidine rings is 1. The van der Waals surface area contributed by atoms with Gasteiger partial charge in [-0.05, 0) is 36.8 Å². The molecule has 1 aromatic rings. The van der Waals surface area contributed by atoms with Crippen LogP contribution in [0.3, 0.4) is 0 Å². The van der Waals surface area contributed by atoms with E-state index in [1.807, 2.05) is 6.07 Å². The third-order valence-electron chi connectivity index (χ3n) is 4.47. The van der Waals surface area contributed by atoms with Crippen molar-refractivity contribution in [2.75, 3.05) is 25.0 Å². The van der Waals surface area contributed by atoms with Crippen molar-refractivity contribution in [1.82, 2.24) is 4.90 Å². The van der Waals surface area contributed by atoms with E-state index in [9.17, 15) is 4.79 Å². The van der Waals surface area contributed by atoms with Crippen LogP contribution in [-0.2, 0) is 11.2 Å². The van der Waals surface area contributed by atoms with Crippen molar-refractivity contribution in [2.45, 2.75) is 26.2 Å². The summed E-state index contributed by atoms with van der Waals surface area (Å²) in [5.74, 6) is 1.23. The Hall–Kier alpha value is -1.51. The number of hydrogen-bond acceptors (Lipinski definition) is 2. The molecule has 1 fully saturated rings. The molecular weight excluding hydrogens is 236 g/mol. The van der Waals surface area contributed by atoms with Crippen LogP contribution in [0.25, 0.3) is 0 Å². The maximum absolute atomic E-state index is 12.6. The Balaban J connectivity index is 1.66. The van der Waals surface area contributed by atoms with Crippen molar-refractivity contribution in [3.05, 3.63) is 29.8 Å². The van der Waals surface area contributed by atoms with Crippen LogP contribution in [0.2, 0.25) is 0 Å². The number of para-hydroxylation sites is 1. The van der Waals surface area contributed by atoms with E-state index in [2.05, 4.69) is 35.3 Å². The summed E-state index contributed by atoms with van der Waals surface area (Å²) in [4.78, 5) is 14.6. The molecule has 1 unspecified atom stereocenters. The average Bonchev–Trinajstić information content (AvgIpc) is 2.47. The number of carbonyl (C=O) groups is 1. The molecule has 19 heavy (non-hydrogen) atoms. The van der Waals surface area contributed by atoms with Gasteiger partial charge in [-0.2, -0.15) is 0 Å². The van der Waals surface area contributed by atoms with Gasteiger partial charge in [0.1, 0.15) is 0 Å². The summed E-state index contributed by atoms with van der Waals surface area (Å²) >= 11 is 0. The molecular formula is C16H22N2O. The van der Waals surface area contributed by atoms with Crippen LogP contribution in [0.4, 0.5) is 5.69 Å². The van der Waals surface area contributed by atoms with Crippen LogP contribution in [0.1, 0.15) is 25.3 Å². The lowest BCUT2D eigenvalue weighted by molar-refractivity contribution is -0.136. The summed E-state index contributed by atoms with van der Waals surface area (Å²) in [6.07, 6.45) is 3.19. The highest BCUT2D eigenvalue weighted by Crippen LogP contribution is 2.26. The number of nitrogens with zero attached hydrogens (tertiary/aromatic N) is 1. The van der Waals surface area contributed by atoms with Crippen molar-refractivity contribution in [2.24, 2.45) is 11.8 Å². The highest BCUT2D eigenvalue weighted by molar-refractivity contribution is 5.81. The van der Waals surface area contributed by atoms with Crippen LogP contribution in [0.5, 0.6) is 0 Å². The molecule has 1 atom stereocenters. The first-order valence-corrected chi connectivity index (χ1v) is 7.34. The first kappa shape index (κ1) is 12.5. The van der Waals surface area contributed by atoms with Gasteiger partial charge in [-0.3, -0.25) is 4.79 Å². The monoisotopic (exact) mass is 258 g/mol. The summed E-state index contributed by atoms with van der Waals surface area (Å²) in [6.45, 7) is 4.94. The molecule has 0 bridgehead atoms. The van der Waals surface area contributed by atoms with Gasteiger partial charge in [-0.15, -0.1) is 0 Å². The van der Waals surface area contributed by atoms with E-state index in [0.717, 1.165) is 44.8 Å². The molecule has 0 saturated carbocycles. The van der Waals surface area contributed by atoms with Gasteiger partial charge >= 0.3 is 0 Å². The third kappa shape index (κ3) is 2.60. The molecule has 1 N–H and O–H groups in total. The van der Waals surface area contributed by atoms with Gasteiger partial charge in [0.15, 0.2) is 0 Å². The first-order valence-electron chi connectivity index (χ1n) is 7.34. The molecule has 1 aromatic carbocycles. The fourth-order valence-electron chi connectivity index (χ4n) is 3.10. The lowest BCUT2D eigenvalue weighted by Gasteiger charge is -2.34. The maximum atomic E-state index is 12.6. The van der Waals surface area contributed by atoms with Gasteiger partial charge < -0.3 is 10.2 Å². The summed E-state index contributed by atoms with van der Waals surface area (Å²) < 4.78 is 0. The molecule has 2 aliphatic heterocycles. The van der Waals surface area contributed by atoms with Crippen molar-refractivity contribution in [3.8, 4) is 0 Å². The zero-order valence-corrected chi connectivity index (χ0v) is 11.6. The molecule has 1 amide bonds. The number of carbonyl (C=O) groups excluding carboxylic acids is 1. The quantitative estimate of drug-likeness (QED) is 0.839. The molecule has 0 aromatic heterocycles. The van der Waals surface area contributed by atoms with E-state index in [1.54, 1.807) is 0 Å². The number of likely N-dealkylation sites (tertiary alicyclic amines) is 1. The van der Waals surface area contributed by atoms with Crippen LogP contribution in [-0.4, -0.2) is 30.4 Å². The van der Waals surface area contributed by atoms with Crippen LogP contribution in [0, 0.1) is 11.8 Å². The van der Waals surface area contributed by atoms with E-state index in [1.165, 1.54) is 11.3 Å². The fourth-order valence-corrected chi connectivity index (χ4v) is 3.10. The first-order chi connectivity index (χ1) is 9.24. The molecule has 0 aliphatic carbocycles. The Labute approximate surface area is 115 Å². The van der Waals surface area contributed by atoms with E-state index in [0.29, 0.717) is 5.91 Å². The standard InChI is InChI=1S/C16H22N2O/c1-12-6-8-18(9-7-12)16(19)14-10-13-4-2-3-5-15(13)17-11-14/h2-5,12,14,17H,6-11H2,1H3. The Morgan fingerprint density at radius 1 is 1.26 bits per heavy atom. The molecule has 3 heteroatoms. The van der Waals surface area contributed by atoms with E-state index >= 15 is 0 Å². The van der Waals surface area contributed by atoms with E-state index in [4.69, 9.17) is 0 Å². The van der Waals surface area contributed by atoms with Crippen LogP contribution < -0.4 is 5.32 Å². The topological polar surface area (TPSA) is 32.3 Å². The zero-order chi connectivity index (χ0) is 13.2. The van der Waals surface area contributed by atoms with Crippen molar-refractivity contribution >= 4 is 11.6 Å². The normalized spacial score (nSPS) is 23.6. The average molecular weight is 258 g/mol. The van der Waals surface area contributed by atoms with Gasteiger partial charge in [0.05, 0.1) is 5.92 Å². The Morgan fingerprint density at radius 2 is 2.00 bits per heavy atom. The predicted octanol–water partition coefficient (Wildman–Crippen LogP) is 2.53. The minimum atomic E-state index is 0.114. The molecule has 0 radical (unpaired) electrons. The summed E-state index contributed by atoms with van der Waals surface area (Å²) in [7, 11) is 0. The molecule has 3 rings (SSSR count). The number of rotatable bonds is 1. The lowest BCUT2D eigenvalue weighted by Crippen LogP contribution is -2.44. The number of benzene rings is 1. The van der Waals surface area contributed by atoms with Crippen LogP contribution in [0.15, 0.2) is 24.3 Å². The second kappa shape index (κ2) is 5.24. The largest absolute Gasteiger partial charge is 0.384 e. The van der Waals surface area contributed by atoms with E-state index < -0.39 is 0 Å². The highest BCUT2D eigenvalue weighted by Gasteiger charge is 2.29. The van der Waals surface area contributed by atoms with Crippen molar-refractivity contribution in [3.63, 3.8) is 0 Å². The zero-order valence-electron chi connectivity index (χ0n) is 11.6. The van der Waals surface area contributed by atoms with Gasteiger partial charge in [-0.25, -0.2) is 0 Å². The second-order valence-corrected chi connectivity index (χ2v) is 5.95.